The molecule has 2 aromatic rings. The highest BCUT2D eigenvalue weighted by Crippen LogP contribution is 2.35. The molecule has 0 fully saturated rings. The average Bonchev–Trinajstić information content (AvgIpc) is 2.75. The van der Waals surface area contributed by atoms with Gasteiger partial charge in [-0.05, 0) is 35.8 Å². The number of nitrogens with zero attached hydrogens (tertiary/aromatic N) is 1. The number of carbonyl (C=O) groups excluding carboxylic acids is 1. The predicted molar refractivity (Wildman–Crippen MR) is 75.3 cm³/mol. The van der Waals surface area contributed by atoms with Gasteiger partial charge in [0.2, 0.25) is 0 Å². The molecule has 6 heteroatoms. The largest absolute Gasteiger partial charge is 0.462 e. The van der Waals surface area contributed by atoms with Crippen LogP contribution in [0.25, 0.3) is 11.3 Å². The van der Waals surface area contributed by atoms with Crippen molar-refractivity contribution < 1.29 is 14.1 Å². The molecule has 1 heterocycles. The Kier molecular flexibility index (Phi) is 4.27. The van der Waals surface area contributed by atoms with Crippen molar-refractivity contribution in [1.82, 2.24) is 5.16 Å². The molecule has 0 bridgehead atoms. The van der Waals surface area contributed by atoms with E-state index in [1.54, 1.807) is 19.9 Å². The van der Waals surface area contributed by atoms with Crippen LogP contribution in [-0.4, -0.2) is 17.7 Å². The molecule has 100 valence electrons. The first-order chi connectivity index (χ1) is 9.06. The predicted octanol–water partition coefficient (Wildman–Crippen LogP) is 4.24. The highest BCUT2D eigenvalue weighted by molar-refractivity contribution is 9.10. The summed E-state index contributed by atoms with van der Waals surface area (Å²) in [6.45, 7) is 3.69. The van der Waals surface area contributed by atoms with Crippen molar-refractivity contribution in [2.75, 3.05) is 6.61 Å². The van der Waals surface area contributed by atoms with Gasteiger partial charge >= 0.3 is 5.97 Å². The Morgan fingerprint density at radius 3 is 2.95 bits per heavy atom. The van der Waals surface area contributed by atoms with Crippen LogP contribution >= 0.6 is 27.5 Å². The maximum atomic E-state index is 11.9. The molecule has 0 aliphatic heterocycles. The van der Waals surface area contributed by atoms with Gasteiger partial charge in [0.25, 0.3) is 0 Å². The number of esters is 1. The summed E-state index contributed by atoms with van der Waals surface area (Å²) >= 11 is 9.55. The van der Waals surface area contributed by atoms with E-state index in [0.29, 0.717) is 27.6 Å². The van der Waals surface area contributed by atoms with Crippen molar-refractivity contribution >= 4 is 33.5 Å². The van der Waals surface area contributed by atoms with E-state index in [2.05, 4.69) is 21.1 Å². The second-order valence-electron chi connectivity index (χ2n) is 3.78. The van der Waals surface area contributed by atoms with Crippen LogP contribution in [0.4, 0.5) is 0 Å². The first-order valence-electron chi connectivity index (χ1n) is 5.64. The Morgan fingerprint density at radius 2 is 2.26 bits per heavy atom. The molecule has 0 aliphatic carbocycles. The summed E-state index contributed by atoms with van der Waals surface area (Å²) in [7, 11) is 0. The zero-order valence-corrected chi connectivity index (χ0v) is 12.7. The van der Waals surface area contributed by atoms with Crippen molar-refractivity contribution in [2.24, 2.45) is 0 Å². The molecule has 0 spiro atoms. The molecule has 0 aliphatic rings. The van der Waals surface area contributed by atoms with E-state index in [-0.39, 0.29) is 6.61 Å². The average molecular weight is 345 g/mol. The Labute approximate surface area is 123 Å². The van der Waals surface area contributed by atoms with Crippen LogP contribution in [0.1, 0.15) is 23.0 Å². The summed E-state index contributed by atoms with van der Waals surface area (Å²) < 4.78 is 10.8. The molecule has 0 amide bonds. The summed E-state index contributed by atoms with van der Waals surface area (Å²) in [5, 5.41) is 4.38. The van der Waals surface area contributed by atoms with E-state index < -0.39 is 5.97 Å². The van der Waals surface area contributed by atoms with Gasteiger partial charge in [-0.2, -0.15) is 0 Å². The summed E-state index contributed by atoms with van der Waals surface area (Å²) in [4.78, 5) is 11.9. The van der Waals surface area contributed by atoms with Crippen LogP contribution in [0.3, 0.4) is 0 Å². The number of hydrogen-bond acceptors (Lipinski definition) is 4. The molecule has 0 unspecified atom stereocenters. The molecule has 0 radical (unpaired) electrons. The van der Waals surface area contributed by atoms with Crippen molar-refractivity contribution in [1.29, 1.82) is 0 Å². The molecule has 1 aromatic heterocycles. The molecule has 0 saturated carbocycles. The van der Waals surface area contributed by atoms with E-state index in [1.807, 2.05) is 12.1 Å². The standard InChI is InChI=1S/C13H11BrClNO3/c1-3-18-13(17)10-7(2)19-16-12(10)8-5-4-6-9(14)11(8)15/h4-6H,3H2,1-2H3. The second-order valence-corrected chi connectivity index (χ2v) is 5.02. The van der Waals surface area contributed by atoms with Gasteiger partial charge in [-0.15, -0.1) is 0 Å². The number of aryl methyl sites for hydroxylation is 1. The quantitative estimate of drug-likeness (QED) is 0.781. The summed E-state index contributed by atoms with van der Waals surface area (Å²) in [5.74, 6) is -0.0585. The van der Waals surface area contributed by atoms with Gasteiger partial charge in [-0.1, -0.05) is 28.9 Å². The van der Waals surface area contributed by atoms with Crippen molar-refractivity contribution in [3.8, 4) is 11.3 Å². The monoisotopic (exact) mass is 343 g/mol. The zero-order chi connectivity index (χ0) is 14.0. The van der Waals surface area contributed by atoms with Gasteiger partial charge in [0, 0.05) is 10.0 Å². The fourth-order valence-electron chi connectivity index (χ4n) is 1.69. The van der Waals surface area contributed by atoms with Gasteiger partial charge in [0.05, 0.1) is 11.6 Å². The fraction of sp³-hybridized carbons (Fsp3) is 0.231. The normalized spacial score (nSPS) is 10.5. The Bertz CT molecular complexity index is 624. The summed E-state index contributed by atoms with van der Waals surface area (Å²) in [5.41, 5.74) is 1.32. The van der Waals surface area contributed by atoms with E-state index in [0.717, 1.165) is 4.47 Å². The number of ether oxygens (including phenoxy) is 1. The van der Waals surface area contributed by atoms with Gasteiger partial charge in [-0.25, -0.2) is 4.79 Å². The number of halogens is 2. The first-order valence-corrected chi connectivity index (χ1v) is 6.81. The number of benzene rings is 1. The maximum absolute atomic E-state index is 11.9. The van der Waals surface area contributed by atoms with Crippen LogP contribution in [0.15, 0.2) is 27.2 Å². The third kappa shape index (κ3) is 2.67. The van der Waals surface area contributed by atoms with Gasteiger partial charge in [0.1, 0.15) is 17.0 Å². The molecule has 0 N–H and O–H groups in total. The van der Waals surface area contributed by atoms with Crippen LogP contribution in [-0.2, 0) is 4.74 Å². The molecule has 0 atom stereocenters. The maximum Gasteiger partial charge on any atom is 0.344 e. The summed E-state index contributed by atoms with van der Waals surface area (Å²) in [6.07, 6.45) is 0. The molecular formula is C13H11BrClNO3. The van der Waals surface area contributed by atoms with Gasteiger partial charge < -0.3 is 9.26 Å². The number of rotatable bonds is 3. The third-order valence-corrected chi connectivity index (χ3v) is 3.85. The minimum absolute atomic E-state index is 0.287. The fourth-order valence-corrected chi connectivity index (χ4v) is 2.27. The lowest BCUT2D eigenvalue weighted by molar-refractivity contribution is 0.0525. The minimum Gasteiger partial charge on any atom is -0.462 e. The molecular weight excluding hydrogens is 334 g/mol. The number of hydrogen-bond donors (Lipinski definition) is 0. The van der Waals surface area contributed by atoms with Crippen molar-refractivity contribution in [2.45, 2.75) is 13.8 Å². The Morgan fingerprint density at radius 1 is 1.53 bits per heavy atom. The molecule has 2 rings (SSSR count). The molecule has 0 saturated heterocycles. The van der Waals surface area contributed by atoms with Gasteiger partial charge in [-0.3, -0.25) is 0 Å². The molecule has 4 nitrogen and oxygen atoms in total. The Hall–Kier alpha value is -1.33. The Balaban J connectivity index is 2.57. The van der Waals surface area contributed by atoms with Gasteiger partial charge in [0.15, 0.2) is 0 Å². The van der Waals surface area contributed by atoms with Crippen molar-refractivity contribution in [3.63, 3.8) is 0 Å². The van der Waals surface area contributed by atoms with E-state index in [1.165, 1.54) is 0 Å². The SMILES string of the molecule is CCOC(=O)c1c(-c2cccc(Br)c2Cl)noc1C. The summed E-state index contributed by atoms with van der Waals surface area (Å²) in [6, 6.07) is 5.39. The first kappa shape index (κ1) is 14.1. The highest BCUT2D eigenvalue weighted by atomic mass is 79.9. The minimum atomic E-state index is -0.465. The van der Waals surface area contributed by atoms with Crippen LogP contribution in [0, 0.1) is 6.92 Å². The van der Waals surface area contributed by atoms with Crippen LogP contribution in [0.5, 0.6) is 0 Å². The molecule has 19 heavy (non-hydrogen) atoms. The van der Waals surface area contributed by atoms with E-state index >= 15 is 0 Å². The van der Waals surface area contributed by atoms with Crippen LogP contribution < -0.4 is 0 Å². The molecule has 1 aromatic carbocycles. The second kappa shape index (κ2) is 5.75. The van der Waals surface area contributed by atoms with Crippen molar-refractivity contribution in [3.05, 3.63) is 39.0 Å². The van der Waals surface area contributed by atoms with E-state index in [4.69, 9.17) is 20.9 Å². The third-order valence-electron chi connectivity index (χ3n) is 2.55. The number of carbonyl (C=O) groups is 1. The zero-order valence-electron chi connectivity index (χ0n) is 10.4. The lowest BCUT2D eigenvalue weighted by Gasteiger charge is -2.05. The highest BCUT2D eigenvalue weighted by Gasteiger charge is 2.24. The topological polar surface area (TPSA) is 52.3 Å². The smallest absolute Gasteiger partial charge is 0.344 e. The number of aromatic nitrogens is 1. The lowest BCUT2D eigenvalue weighted by atomic mass is 10.1. The van der Waals surface area contributed by atoms with E-state index in [9.17, 15) is 4.79 Å². The van der Waals surface area contributed by atoms with Crippen LogP contribution in [0.2, 0.25) is 5.02 Å². The lowest BCUT2D eigenvalue weighted by Crippen LogP contribution is -2.06.